The molecule has 6 rings (SSSR count). The molecule has 0 saturated carbocycles. The molecule has 2 amide bonds. The van der Waals surface area contributed by atoms with E-state index in [4.69, 9.17) is 9.47 Å². The number of hydrogen-bond acceptors (Lipinski definition) is 6. The van der Waals surface area contributed by atoms with E-state index in [1.165, 1.54) is 24.3 Å². The molecule has 10 heteroatoms. The van der Waals surface area contributed by atoms with Gasteiger partial charge in [0.1, 0.15) is 23.0 Å². The van der Waals surface area contributed by atoms with Crippen LogP contribution in [-0.2, 0) is 5.41 Å². The molecule has 0 saturated heterocycles. The number of hydrogen-bond donors (Lipinski definition) is 4. The van der Waals surface area contributed by atoms with Crippen molar-refractivity contribution in [2.45, 2.75) is 19.3 Å². The van der Waals surface area contributed by atoms with Gasteiger partial charge in [0.2, 0.25) is 0 Å². The summed E-state index contributed by atoms with van der Waals surface area (Å²) in [6, 6.07) is 38.0. The first kappa shape index (κ1) is 39.0. The van der Waals surface area contributed by atoms with Gasteiger partial charge in [-0.25, -0.2) is 9.59 Å². The molecule has 0 fully saturated rings. The van der Waals surface area contributed by atoms with Crippen LogP contribution in [0.15, 0.2) is 147 Å². The Bertz CT molecular complexity index is 2310. The maximum absolute atomic E-state index is 12.9. The van der Waals surface area contributed by atoms with Crippen molar-refractivity contribution >= 4 is 47.3 Å². The molecule has 10 nitrogen and oxygen atoms in total. The Morgan fingerprint density at radius 3 is 1.11 bits per heavy atom. The van der Waals surface area contributed by atoms with Crippen LogP contribution in [0.25, 0.3) is 12.2 Å². The molecule has 0 bridgehead atoms. The number of amides is 2. The Hall–Kier alpha value is -7.72. The molecule has 0 aliphatic heterocycles. The third-order valence-corrected chi connectivity index (χ3v) is 9.36. The van der Waals surface area contributed by atoms with Crippen LogP contribution in [0, 0.1) is 0 Å². The number of carboxylic acids is 2. The third kappa shape index (κ3) is 9.15. The van der Waals surface area contributed by atoms with Gasteiger partial charge < -0.3 is 30.3 Å². The molecule has 0 unspecified atom stereocenters. The lowest BCUT2D eigenvalue weighted by Gasteiger charge is -2.26. The van der Waals surface area contributed by atoms with E-state index in [1.54, 1.807) is 72.8 Å². The molecule has 0 heterocycles. The zero-order chi connectivity index (χ0) is 40.7. The van der Waals surface area contributed by atoms with E-state index in [0.717, 1.165) is 11.1 Å². The van der Waals surface area contributed by atoms with Crippen LogP contribution < -0.4 is 20.1 Å². The van der Waals surface area contributed by atoms with E-state index in [9.17, 15) is 29.4 Å². The van der Waals surface area contributed by atoms with Gasteiger partial charge in [0.05, 0.1) is 22.3 Å². The molecule has 0 spiro atoms. The second-order valence-corrected chi connectivity index (χ2v) is 13.5. The third-order valence-electron chi connectivity index (χ3n) is 9.36. The Balaban J connectivity index is 1.04. The number of anilines is 2. The first-order valence-electron chi connectivity index (χ1n) is 17.7. The van der Waals surface area contributed by atoms with Crippen molar-refractivity contribution in [3.63, 3.8) is 0 Å². The quantitative estimate of drug-likeness (QED) is 0.0857. The first-order chi connectivity index (χ1) is 27.3. The normalized spacial score (nSPS) is 10.8. The highest BCUT2D eigenvalue weighted by atomic mass is 16.5. The number of carbonyl (C=O) groups excluding carboxylic acids is 2. The number of rotatable bonds is 14. The zero-order valence-corrected chi connectivity index (χ0v) is 31.1. The molecule has 6 aromatic rings. The summed E-state index contributed by atoms with van der Waals surface area (Å²) in [6.45, 7) is 11.6. The van der Waals surface area contributed by atoms with Crippen LogP contribution in [-0.4, -0.2) is 34.0 Å². The lowest BCUT2D eigenvalue weighted by Crippen LogP contribution is -2.18. The Labute approximate surface area is 329 Å². The molecule has 0 aliphatic rings. The Kier molecular flexibility index (Phi) is 11.5. The van der Waals surface area contributed by atoms with Gasteiger partial charge >= 0.3 is 11.9 Å². The highest BCUT2D eigenvalue weighted by molar-refractivity contribution is 6.12. The van der Waals surface area contributed by atoms with Crippen LogP contribution in [0.3, 0.4) is 0 Å². The largest absolute Gasteiger partial charge is 0.478 e. The van der Waals surface area contributed by atoms with Gasteiger partial charge in [-0.3, -0.25) is 9.59 Å². The van der Waals surface area contributed by atoms with Crippen molar-refractivity contribution in [3.05, 3.63) is 191 Å². The average molecular weight is 759 g/mol. The van der Waals surface area contributed by atoms with Crippen LogP contribution in [0.1, 0.15) is 77.5 Å². The van der Waals surface area contributed by atoms with Crippen molar-refractivity contribution in [2.75, 3.05) is 10.6 Å². The number of aromatic carboxylic acids is 2. The van der Waals surface area contributed by atoms with Crippen LogP contribution >= 0.6 is 0 Å². The molecule has 0 aromatic heterocycles. The zero-order valence-electron chi connectivity index (χ0n) is 31.1. The molecular formula is C47H38N2O8. The lowest BCUT2D eigenvalue weighted by molar-refractivity contribution is 0.0683. The minimum absolute atomic E-state index is 0.0348. The van der Waals surface area contributed by atoms with Gasteiger partial charge in [0.25, 0.3) is 11.8 Å². The summed E-state index contributed by atoms with van der Waals surface area (Å²) in [5.41, 5.74) is 3.85. The van der Waals surface area contributed by atoms with Gasteiger partial charge in [-0.1, -0.05) is 75.6 Å². The maximum Gasteiger partial charge on any atom is 0.336 e. The van der Waals surface area contributed by atoms with E-state index >= 15 is 0 Å². The summed E-state index contributed by atoms with van der Waals surface area (Å²) in [5.74, 6) is -1.13. The van der Waals surface area contributed by atoms with E-state index in [-0.39, 0.29) is 27.7 Å². The molecular weight excluding hydrogens is 721 g/mol. The van der Waals surface area contributed by atoms with Crippen LogP contribution in [0.5, 0.6) is 23.0 Å². The molecule has 6 aromatic carbocycles. The van der Waals surface area contributed by atoms with Gasteiger partial charge in [-0.2, -0.15) is 0 Å². The number of nitrogens with one attached hydrogen (secondary N) is 2. The van der Waals surface area contributed by atoms with Crippen LogP contribution in [0.2, 0.25) is 0 Å². The standard InChI is InChI=1S/C47H38N2O8/c1-5-29-7-25-39(45(52)53)41(27-29)43(50)48-33-13-21-37(22-14-33)56-35-17-9-31(10-18-35)47(3,4)32-11-19-36(20-12-32)57-38-23-15-34(16-24-38)49-44(51)42-28-30(6-2)8-26-40(42)46(54)55/h5-28H,1-2H2,3-4H3,(H,48,50)(H,49,51)(H,52,53)(H,54,55). The fraction of sp³-hybridized carbons (Fsp3) is 0.0638. The van der Waals surface area contributed by atoms with Gasteiger partial charge in [-0.05, 0) is 119 Å². The van der Waals surface area contributed by atoms with Gasteiger partial charge in [0.15, 0.2) is 0 Å². The second-order valence-electron chi connectivity index (χ2n) is 13.5. The van der Waals surface area contributed by atoms with Crippen molar-refractivity contribution in [2.24, 2.45) is 0 Å². The molecule has 284 valence electrons. The summed E-state index contributed by atoms with van der Waals surface area (Å²) in [7, 11) is 0. The van der Waals surface area contributed by atoms with E-state index in [2.05, 4.69) is 37.6 Å². The van der Waals surface area contributed by atoms with E-state index in [0.29, 0.717) is 45.5 Å². The predicted octanol–water partition coefficient (Wildman–Crippen LogP) is 10.8. The Morgan fingerprint density at radius 1 is 0.491 bits per heavy atom. The van der Waals surface area contributed by atoms with E-state index < -0.39 is 23.8 Å². The van der Waals surface area contributed by atoms with Gasteiger partial charge in [-0.15, -0.1) is 0 Å². The molecule has 0 radical (unpaired) electrons. The number of carboxylic acid groups (broad SMARTS) is 2. The first-order valence-corrected chi connectivity index (χ1v) is 17.7. The maximum atomic E-state index is 12.9. The fourth-order valence-corrected chi connectivity index (χ4v) is 6.05. The van der Waals surface area contributed by atoms with Crippen molar-refractivity contribution in [1.82, 2.24) is 0 Å². The summed E-state index contributed by atoms with van der Waals surface area (Å²) in [5, 5.41) is 24.5. The highest BCUT2D eigenvalue weighted by Crippen LogP contribution is 2.35. The number of ether oxygens (including phenoxy) is 2. The topological polar surface area (TPSA) is 151 Å². The summed E-state index contributed by atoms with van der Waals surface area (Å²) < 4.78 is 12.1. The van der Waals surface area contributed by atoms with Crippen molar-refractivity contribution in [1.29, 1.82) is 0 Å². The predicted molar refractivity (Wildman–Crippen MR) is 221 cm³/mol. The Morgan fingerprint density at radius 2 is 0.807 bits per heavy atom. The summed E-state index contributed by atoms with van der Waals surface area (Å²) in [6.07, 6.45) is 3.08. The SMILES string of the molecule is C=Cc1ccc(C(=O)O)c(C(=O)Nc2ccc(Oc3ccc(C(C)(C)c4ccc(Oc5ccc(NC(=O)c6cc(C=C)ccc6C(=O)O)cc5)cc4)cc3)cc2)c1. The summed E-state index contributed by atoms with van der Waals surface area (Å²) >= 11 is 0. The monoisotopic (exact) mass is 758 g/mol. The molecule has 57 heavy (non-hydrogen) atoms. The minimum atomic E-state index is -1.20. The summed E-state index contributed by atoms with van der Waals surface area (Å²) in [4.78, 5) is 49.2. The smallest absolute Gasteiger partial charge is 0.336 e. The van der Waals surface area contributed by atoms with Crippen molar-refractivity contribution < 1.29 is 38.9 Å². The van der Waals surface area contributed by atoms with Crippen LogP contribution in [0.4, 0.5) is 11.4 Å². The number of benzene rings is 6. The van der Waals surface area contributed by atoms with E-state index in [1.807, 2.05) is 48.5 Å². The van der Waals surface area contributed by atoms with Gasteiger partial charge in [0, 0.05) is 16.8 Å². The number of carbonyl (C=O) groups is 4. The van der Waals surface area contributed by atoms with Crippen molar-refractivity contribution in [3.8, 4) is 23.0 Å². The fourth-order valence-electron chi connectivity index (χ4n) is 6.05. The average Bonchev–Trinajstić information content (AvgIpc) is 3.22. The molecule has 4 N–H and O–H groups in total. The second kappa shape index (κ2) is 16.7. The minimum Gasteiger partial charge on any atom is -0.478 e. The highest BCUT2D eigenvalue weighted by Gasteiger charge is 2.24. The lowest BCUT2D eigenvalue weighted by atomic mass is 9.78. The molecule has 0 atom stereocenters. The molecule has 0 aliphatic carbocycles.